The van der Waals surface area contributed by atoms with Crippen LogP contribution >= 0.6 is 0 Å². The number of hydrogen-bond acceptors (Lipinski definition) is 5. The lowest BCUT2D eigenvalue weighted by atomic mass is 10.2. The summed E-state index contributed by atoms with van der Waals surface area (Å²) in [5.74, 6) is 1.58. The van der Waals surface area contributed by atoms with Crippen molar-refractivity contribution in [3.63, 3.8) is 0 Å². The highest BCUT2D eigenvalue weighted by molar-refractivity contribution is 4.90. The van der Waals surface area contributed by atoms with Crippen LogP contribution in [0.2, 0.25) is 0 Å². The highest BCUT2D eigenvalue weighted by atomic mass is 16.5. The second-order valence-electron chi connectivity index (χ2n) is 4.80. The lowest BCUT2D eigenvalue weighted by Crippen LogP contribution is -2.24. The van der Waals surface area contributed by atoms with Crippen LogP contribution in [0.15, 0.2) is 4.52 Å². The first kappa shape index (κ1) is 12.5. The first-order valence-corrected chi connectivity index (χ1v) is 6.49. The molecule has 2 heterocycles. The minimum absolute atomic E-state index is 0.388. The second-order valence-corrected chi connectivity index (χ2v) is 4.80. The van der Waals surface area contributed by atoms with Crippen molar-refractivity contribution in [1.29, 1.82) is 0 Å². The highest BCUT2D eigenvalue weighted by Crippen LogP contribution is 2.08. The van der Waals surface area contributed by atoms with E-state index in [2.05, 4.69) is 27.3 Å². The predicted molar refractivity (Wildman–Crippen MR) is 65.9 cm³/mol. The van der Waals surface area contributed by atoms with Crippen molar-refractivity contribution in [2.75, 3.05) is 26.7 Å². The number of aromatic nitrogens is 2. The van der Waals surface area contributed by atoms with Gasteiger partial charge in [-0.2, -0.15) is 4.98 Å². The second kappa shape index (κ2) is 6.12. The Morgan fingerprint density at radius 3 is 2.88 bits per heavy atom. The number of likely N-dealkylation sites (tertiary alicyclic amines) is 1. The summed E-state index contributed by atoms with van der Waals surface area (Å²) in [6, 6.07) is 0.388. The van der Waals surface area contributed by atoms with Gasteiger partial charge in [0.05, 0.1) is 0 Å². The van der Waals surface area contributed by atoms with Gasteiger partial charge in [-0.1, -0.05) is 5.16 Å². The summed E-state index contributed by atoms with van der Waals surface area (Å²) >= 11 is 0. The SMILES string of the molecule is CNC(C)Cc1noc(CCN2CCCC2)n1. The van der Waals surface area contributed by atoms with E-state index in [-0.39, 0.29) is 0 Å². The quantitative estimate of drug-likeness (QED) is 0.796. The van der Waals surface area contributed by atoms with E-state index in [1.807, 2.05) is 7.05 Å². The third kappa shape index (κ3) is 3.78. The summed E-state index contributed by atoms with van der Waals surface area (Å²) in [6.07, 6.45) is 4.36. The summed E-state index contributed by atoms with van der Waals surface area (Å²) in [4.78, 5) is 6.87. The molecule has 17 heavy (non-hydrogen) atoms. The van der Waals surface area contributed by atoms with Crippen molar-refractivity contribution in [1.82, 2.24) is 20.4 Å². The summed E-state index contributed by atoms with van der Waals surface area (Å²) in [5, 5.41) is 7.17. The fourth-order valence-corrected chi connectivity index (χ4v) is 2.11. The minimum Gasteiger partial charge on any atom is -0.339 e. The fourth-order valence-electron chi connectivity index (χ4n) is 2.11. The monoisotopic (exact) mass is 238 g/mol. The van der Waals surface area contributed by atoms with Gasteiger partial charge in [-0.05, 0) is 39.9 Å². The van der Waals surface area contributed by atoms with Crippen LogP contribution < -0.4 is 5.32 Å². The van der Waals surface area contributed by atoms with Gasteiger partial charge in [0, 0.05) is 25.4 Å². The first-order valence-electron chi connectivity index (χ1n) is 6.49. The average molecular weight is 238 g/mol. The Bertz CT molecular complexity index is 333. The maximum absolute atomic E-state index is 5.25. The number of likely N-dealkylation sites (N-methyl/N-ethyl adjacent to an activating group) is 1. The lowest BCUT2D eigenvalue weighted by molar-refractivity contribution is 0.310. The van der Waals surface area contributed by atoms with Gasteiger partial charge in [0.2, 0.25) is 5.89 Å². The van der Waals surface area contributed by atoms with E-state index in [1.54, 1.807) is 0 Å². The summed E-state index contributed by atoms with van der Waals surface area (Å²) < 4.78 is 5.25. The molecule has 0 aromatic carbocycles. The molecule has 0 aliphatic carbocycles. The molecular weight excluding hydrogens is 216 g/mol. The van der Waals surface area contributed by atoms with E-state index >= 15 is 0 Å². The minimum atomic E-state index is 0.388. The lowest BCUT2D eigenvalue weighted by Gasteiger charge is -2.11. The smallest absolute Gasteiger partial charge is 0.227 e. The van der Waals surface area contributed by atoms with Crippen LogP contribution in [0.25, 0.3) is 0 Å². The molecule has 0 amide bonds. The van der Waals surface area contributed by atoms with Crippen LogP contribution in [0.3, 0.4) is 0 Å². The molecule has 1 N–H and O–H groups in total. The molecule has 1 fully saturated rings. The largest absolute Gasteiger partial charge is 0.339 e. The average Bonchev–Trinajstić information content (AvgIpc) is 2.97. The number of hydrogen-bond donors (Lipinski definition) is 1. The van der Waals surface area contributed by atoms with Gasteiger partial charge in [-0.15, -0.1) is 0 Å². The molecule has 5 nitrogen and oxygen atoms in total. The van der Waals surface area contributed by atoms with Gasteiger partial charge in [0.15, 0.2) is 5.82 Å². The topological polar surface area (TPSA) is 54.2 Å². The Labute approximate surface area is 103 Å². The Morgan fingerprint density at radius 1 is 1.41 bits per heavy atom. The number of nitrogens with one attached hydrogen (secondary N) is 1. The molecule has 1 aliphatic heterocycles. The zero-order valence-electron chi connectivity index (χ0n) is 10.8. The van der Waals surface area contributed by atoms with Crippen molar-refractivity contribution in [2.24, 2.45) is 0 Å². The van der Waals surface area contributed by atoms with E-state index in [1.165, 1.54) is 25.9 Å². The normalized spacial score (nSPS) is 18.7. The molecule has 1 aromatic heterocycles. The van der Waals surface area contributed by atoms with Gasteiger partial charge in [-0.3, -0.25) is 0 Å². The predicted octanol–water partition coefficient (Wildman–Crippen LogP) is 0.858. The maximum Gasteiger partial charge on any atom is 0.227 e. The highest BCUT2D eigenvalue weighted by Gasteiger charge is 2.14. The molecular formula is C12H22N4O. The molecule has 0 radical (unpaired) electrons. The van der Waals surface area contributed by atoms with Crippen molar-refractivity contribution in [3.05, 3.63) is 11.7 Å². The van der Waals surface area contributed by atoms with Gasteiger partial charge in [-0.25, -0.2) is 0 Å². The van der Waals surface area contributed by atoms with Crippen LogP contribution in [0.1, 0.15) is 31.5 Å². The van der Waals surface area contributed by atoms with Gasteiger partial charge >= 0.3 is 0 Å². The Balaban J connectivity index is 1.77. The van der Waals surface area contributed by atoms with Gasteiger partial charge in [0.25, 0.3) is 0 Å². The summed E-state index contributed by atoms with van der Waals surface area (Å²) in [7, 11) is 1.94. The zero-order valence-corrected chi connectivity index (χ0v) is 10.8. The number of rotatable bonds is 6. The summed E-state index contributed by atoms with van der Waals surface area (Å²) in [5.41, 5.74) is 0. The molecule has 0 spiro atoms. The van der Waals surface area contributed by atoms with Crippen molar-refractivity contribution in [2.45, 2.75) is 38.6 Å². The molecule has 2 rings (SSSR count). The molecule has 1 atom stereocenters. The molecule has 0 saturated carbocycles. The molecule has 1 saturated heterocycles. The molecule has 0 bridgehead atoms. The van der Waals surface area contributed by atoms with Crippen molar-refractivity contribution >= 4 is 0 Å². The molecule has 1 aromatic rings. The van der Waals surface area contributed by atoms with E-state index < -0.39 is 0 Å². The Morgan fingerprint density at radius 2 is 2.18 bits per heavy atom. The van der Waals surface area contributed by atoms with Crippen LogP contribution in [0.4, 0.5) is 0 Å². The molecule has 1 aliphatic rings. The van der Waals surface area contributed by atoms with Crippen LogP contribution in [0, 0.1) is 0 Å². The maximum atomic E-state index is 5.25. The Kier molecular flexibility index (Phi) is 4.50. The number of nitrogens with zero attached hydrogens (tertiary/aromatic N) is 3. The van der Waals surface area contributed by atoms with Gasteiger partial charge < -0.3 is 14.7 Å². The zero-order chi connectivity index (χ0) is 12.1. The van der Waals surface area contributed by atoms with E-state index in [0.29, 0.717) is 6.04 Å². The van der Waals surface area contributed by atoms with Crippen LogP contribution in [-0.2, 0) is 12.8 Å². The first-order chi connectivity index (χ1) is 8.28. The van der Waals surface area contributed by atoms with Crippen molar-refractivity contribution in [3.8, 4) is 0 Å². The van der Waals surface area contributed by atoms with E-state index in [4.69, 9.17) is 4.52 Å². The standard InChI is InChI=1S/C12H22N4O/c1-10(13-2)9-11-14-12(17-15-11)5-8-16-6-3-4-7-16/h10,13H,3-9H2,1-2H3. The van der Waals surface area contributed by atoms with Crippen LogP contribution in [-0.4, -0.2) is 47.8 Å². The Hall–Kier alpha value is -0.940. The van der Waals surface area contributed by atoms with E-state index in [9.17, 15) is 0 Å². The van der Waals surface area contributed by atoms with Crippen LogP contribution in [0.5, 0.6) is 0 Å². The fraction of sp³-hybridized carbons (Fsp3) is 0.833. The molecule has 5 heteroatoms. The van der Waals surface area contributed by atoms with Crippen molar-refractivity contribution < 1.29 is 4.52 Å². The summed E-state index contributed by atoms with van der Waals surface area (Å²) in [6.45, 7) is 5.60. The third-order valence-corrected chi connectivity index (χ3v) is 3.33. The third-order valence-electron chi connectivity index (χ3n) is 3.33. The van der Waals surface area contributed by atoms with E-state index in [0.717, 1.165) is 31.1 Å². The molecule has 96 valence electrons. The van der Waals surface area contributed by atoms with Gasteiger partial charge in [0.1, 0.15) is 0 Å². The molecule has 1 unspecified atom stereocenters.